The number of rotatable bonds is 3. The number of nitrogens with zero attached hydrogens (tertiary/aromatic N) is 2. The van der Waals surface area contributed by atoms with E-state index in [1.807, 2.05) is 6.07 Å². The van der Waals surface area contributed by atoms with Gasteiger partial charge in [0.1, 0.15) is 5.75 Å². The number of hydrogen-bond donors (Lipinski definition) is 2. The third-order valence-electron chi connectivity index (χ3n) is 5.07. The highest BCUT2D eigenvalue weighted by Crippen LogP contribution is 2.45. The first-order valence-electron chi connectivity index (χ1n) is 8.92. The van der Waals surface area contributed by atoms with Gasteiger partial charge in [-0.05, 0) is 36.6 Å². The number of benzene rings is 2. The molecule has 1 saturated carbocycles. The van der Waals surface area contributed by atoms with Crippen LogP contribution in [0.25, 0.3) is 27.9 Å². The van der Waals surface area contributed by atoms with Gasteiger partial charge in [-0.1, -0.05) is 47.5 Å². The molecule has 0 aliphatic heterocycles. The summed E-state index contributed by atoms with van der Waals surface area (Å²) < 4.78 is 1.45. The van der Waals surface area contributed by atoms with Gasteiger partial charge in [0, 0.05) is 28.9 Å². The average Bonchev–Trinajstić information content (AvgIpc) is 3.46. The zero-order chi connectivity index (χ0) is 19.4. The molecule has 1 aliphatic rings. The van der Waals surface area contributed by atoms with Crippen LogP contribution in [0.15, 0.2) is 53.5 Å². The molecule has 0 bridgehead atoms. The van der Waals surface area contributed by atoms with Gasteiger partial charge in [-0.3, -0.25) is 9.89 Å². The smallest absolute Gasteiger partial charge is 0.280 e. The first-order valence-corrected chi connectivity index (χ1v) is 9.67. The minimum atomic E-state index is -0.264. The number of H-pyrrole nitrogens is 1. The Morgan fingerprint density at radius 3 is 2.57 bits per heavy atom. The standard InChI is InChI=1S/C21H15Cl2N3O2/c22-15-8-7-12(9-16(15)23)18-19(11-5-6-11)25-26-20(18)24-10-14(21(26)28)13-3-1-2-4-17(13)27/h1-4,7-11,25,27H,5-6H2. The average molecular weight is 412 g/mol. The Hall–Kier alpha value is -2.76. The first-order chi connectivity index (χ1) is 13.5. The maximum absolute atomic E-state index is 13.2. The molecule has 0 saturated heterocycles. The first kappa shape index (κ1) is 17.3. The fourth-order valence-electron chi connectivity index (χ4n) is 3.52. The van der Waals surface area contributed by atoms with Crippen molar-refractivity contribution < 1.29 is 5.11 Å². The molecule has 2 aromatic heterocycles. The fraction of sp³-hybridized carbons (Fsp3) is 0.143. The minimum Gasteiger partial charge on any atom is -0.507 e. The van der Waals surface area contributed by atoms with Crippen molar-refractivity contribution in [3.63, 3.8) is 0 Å². The van der Waals surface area contributed by atoms with E-state index in [0.717, 1.165) is 29.7 Å². The second-order valence-electron chi connectivity index (χ2n) is 6.96. The summed E-state index contributed by atoms with van der Waals surface area (Å²) in [5.41, 5.74) is 3.74. The van der Waals surface area contributed by atoms with E-state index in [1.54, 1.807) is 36.4 Å². The zero-order valence-electron chi connectivity index (χ0n) is 14.6. The molecule has 4 aromatic rings. The number of halogens is 2. The SMILES string of the molecule is O=c1c(-c2ccccc2O)cnc2c(-c3ccc(Cl)c(Cl)c3)c(C3CC3)[nH]n12. The van der Waals surface area contributed by atoms with Gasteiger partial charge in [0.05, 0.1) is 15.6 Å². The van der Waals surface area contributed by atoms with Crippen molar-refractivity contribution in [2.75, 3.05) is 0 Å². The zero-order valence-corrected chi connectivity index (χ0v) is 16.1. The number of fused-ring (bicyclic) bond motifs is 1. The quantitative estimate of drug-likeness (QED) is 0.483. The lowest BCUT2D eigenvalue weighted by Gasteiger charge is -2.06. The predicted molar refractivity (Wildman–Crippen MR) is 110 cm³/mol. The number of aromatic nitrogens is 3. The summed E-state index contributed by atoms with van der Waals surface area (Å²) in [5, 5.41) is 14.3. The van der Waals surface area contributed by atoms with Gasteiger partial charge in [-0.2, -0.15) is 0 Å². The number of para-hydroxylation sites is 1. The number of phenolic OH excluding ortho intramolecular Hbond substituents is 1. The van der Waals surface area contributed by atoms with Gasteiger partial charge in [0.25, 0.3) is 5.56 Å². The maximum atomic E-state index is 13.2. The summed E-state index contributed by atoms with van der Waals surface area (Å²) in [7, 11) is 0. The van der Waals surface area contributed by atoms with E-state index in [9.17, 15) is 9.90 Å². The third-order valence-corrected chi connectivity index (χ3v) is 5.81. The van der Waals surface area contributed by atoms with Crippen molar-refractivity contribution >= 4 is 28.8 Å². The minimum absolute atomic E-state index is 0.0417. The normalized spacial score (nSPS) is 13.9. The van der Waals surface area contributed by atoms with Gasteiger partial charge in [0.2, 0.25) is 0 Å². The number of phenols is 1. The van der Waals surface area contributed by atoms with E-state index < -0.39 is 0 Å². The molecular weight excluding hydrogens is 397 g/mol. The molecule has 0 unspecified atom stereocenters. The van der Waals surface area contributed by atoms with E-state index in [4.69, 9.17) is 23.2 Å². The van der Waals surface area contributed by atoms with Crippen LogP contribution < -0.4 is 5.56 Å². The van der Waals surface area contributed by atoms with Crippen LogP contribution in [0.1, 0.15) is 24.5 Å². The fourth-order valence-corrected chi connectivity index (χ4v) is 3.82. The number of aromatic hydroxyl groups is 1. The molecule has 140 valence electrons. The Morgan fingerprint density at radius 1 is 1.07 bits per heavy atom. The topological polar surface area (TPSA) is 70.4 Å². The van der Waals surface area contributed by atoms with Crippen molar-refractivity contribution in [1.82, 2.24) is 14.6 Å². The lowest BCUT2D eigenvalue weighted by Crippen LogP contribution is -2.17. The van der Waals surface area contributed by atoms with Gasteiger partial charge < -0.3 is 5.11 Å². The van der Waals surface area contributed by atoms with Crippen LogP contribution in [-0.2, 0) is 0 Å². The molecule has 2 N–H and O–H groups in total. The predicted octanol–water partition coefficient (Wildman–Crippen LogP) is 5.25. The van der Waals surface area contributed by atoms with Crippen LogP contribution in [0.3, 0.4) is 0 Å². The molecule has 2 aromatic carbocycles. The molecule has 1 fully saturated rings. The van der Waals surface area contributed by atoms with E-state index in [2.05, 4.69) is 10.1 Å². The number of aromatic amines is 1. The van der Waals surface area contributed by atoms with Crippen molar-refractivity contribution in [3.8, 4) is 28.0 Å². The van der Waals surface area contributed by atoms with Crippen LogP contribution in [0.4, 0.5) is 0 Å². The van der Waals surface area contributed by atoms with Gasteiger partial charge in [-0.25, -0.2) is 9.50 Å². The number of nitrogens with one attached hydrogen (secondary N) is 1. The van der Waals surface area contributed by atoms with Crippen LogP contribution in [0.2, 0.25) is 10.0 Å². The Kier molecular flexibility index (Phi) is 3.96. The molecular formula is C21H15Cl2N3O2. The van der Waals surface area contributed by atoms with E-state index in [-0.39, 0.29) is 11.3 Å². The van der Waals surface area contributed by atoms with Crippen LogP contribution in [-0.4, -0.2) is 19.7 Å². The molecule has 0 spiro atoms. The summed E-state index contributed by atoms with van der Waals surface area (Å²) >= 11 is 12.3. The van der Waals surface area contributed by atoms with Gasteiger partial charge in [0.15, 0.2) is 5.65 Å². The monoisotopic (exact) mass is 411 g/mol. The summed E-state index contributed by atoms with van der Waals surface area (Å²) in [4.78, 5) is 17.7. The highest BCUT2D eigenvalue weighted by Gasteiger charge is 2.31. The summed E-state index contributed by atoms with van der Waals surface area (Å²) in [6, 6.07) is 12.2. The molecule has 0 amide bonds. The lowest BCUT2D eigenvalue weighted by molar-refractivity contribution is 0.477. The summed E-state index contributed by atoms with van der Waals surface area (Å²) in [5.74, 6) is 0.402. The molecule has 5 nitrogen and oxygen atoms in total. The Bertz CT molecular complexity index is 1290. The van der Waals surface area contributed by atoms with Crippen LogP contribution in [0, 0.1) is 0 Å². The number of hydrogen-bond acceptors (Lipinski definition) is 3. The largest absolute Gasteiger partial charge is 0.507 e. The van der Waals surface area contributed by atoms with Crippen molar-refractivity contribution in [2.24, 2.45) is 0 Å². The van der Waals surface area contributed by atoms with Gasteiger partial charge in [-0.15, -0.1) is 0 Å². The Labute approximate surface area is 170 Å². The molecule has 28 heavy (non-hydrogen) atoms. The summed E-state index contributed by atoms with van der Waals surface area (Å²) in [6.45, 7) is 0. The molecule has 1 aliphatic carbocycles. The molecule has 2 heterocycles. The van der Waals surface area contributed by atoms with Crippen LogP contribution in [0.5, 0.6) is 5.75 Å². The van der Waals surface area contributed by atoms with Crippen molar-refractivity contribution in [3.05, 3.63) is 74.8 Å². The Morgan fingerprint density at radius 2 is 1.86 bits per heavy atom. The van der Waals surface area contributed by atoms with E-state index in [0.29, 0.717) is 32.7 Å². The van der Waals surface area contributed by atoms with Crippen molar-refractivity contribution in [1.29, 1.82) is 0 Å². The highest BCUT2D eigenvalue weighted by atomic mass is 35.5. The molecule has 5 rings (SSSR count). The summed E-state index contributed by atoms with van der Waals surface area (Å²) in [6.07, 6.45) is 3.63. The van der Waals surface area contributed by atoms with E-state index >= 15 is 0 Å². The second-order valence-corrected chi connectivity index (χ2v) is 7.77. The van der Waals surface area contributed by atoms with Gasteiger partial charge >= 0.3 is 0 Å². The van der Waals surface area contributed by atoms with E-state index in [1.165, 1.54) is 10.7 Å². The maximum Gasteiger partial charge on any atom is 0.280 e. The molecule has 7 heteroatoms. The molecule has 0 radical (unpaired) electrons. The second kappa shape index (κ2) is 6.40. The highest BCUT2D eigenvalue weighted by molar-refractivity contribution is 6.42. The Balaban J connectivity index is 1.79. The van der Waals surface area contributed by atoms with Crippen molar-refractivity contribution in [2.45, 2.75) is 18.8 Å². The third kappa shape index (κ3) is 2.70. The molecule has 0 atom stereocenters. The lowest BCUT2D eigenvalue weighted by atomic mass is 10.0. The van der Waals surface area contributed by atoms with Crippen LogP contribution >= 0.6 is 23.2 Å².